The predicted octanol–water partition coefficient (Wildman–Crippen LogP) is 6.15. The summed E-state index contributed by atoms with van der Waals surface area (Å²) in [5, 5.41) is 6.70. The molecule has 0 aliphatic carbocycles. The normalized spacial score (nSPS) is 15.1. The molecule has 0 atom stereocenters. The first-order valence-electron chi connectivity index (χ1n) is 12.2. The van der Waals surface area contributed by atoms with Gasteiger partial charge in [0.15, 0.2) is 5.69 Å². The maximum Gasteiger partial charge on any atom is 0.187 e. The van der Waals surface area contributed by atoms with Crippen LogP contribution in [0.15, 0.2) is 67.1 Å². The Morgan fingerprint density at radius 1 is 0.943 bits per heavy atom. The van der Waals surface area contributed by atoms with Crippen LogP contribution in [0, 0.1) is 12.5 Å². The van der Waals surface area contributed by atoms with Gasteiger partial charge >= 0.3 is 0 Å². The van der Waals surface area contributed by atoms with Crippen LogP contribution in [0.2, 0.25) is 0 Å². The van der Waals surface area contributed by atoms with Crippen molar-refractivity contribution in [1.29, 1.82) is 0 Å². The number of aromatic nitrogens is 4. The van der Waals surface area contributed by atoms with Gasteiger partial charge in [-0.25, -0.2) is 4.85 Å². The van der Waals surface area contributed by atoms with Crippen LogP contribution in [-0.4, -0.2) is 44.4 Å². The number of fused-ring (bicyclic) bond motifs is 2. The number of rotatable bonds is 4. The van der Waals surface area contributed by atoms with Gasteiger partial charge in [-0.1, -0.05) is 30.3 Å². The van der Waals surface area contributed by atoms with Gasteiger partial charge < -0.3 is 9.47 Å². The van der Waals surface area contributed by atoms with Gasteiger partial charge in [0.25, 0.3) is 0 Å². The van der Waals surface area contributed by atoms with Crippen molar-refractivity contribution in [3.8, 4) is 22.4 Å². The summed E-state index contributed by atoms with van der Waals surface area (Å²) in [5.74, 6) is 0.691. The van der Waals surface area contributed by atoms with Gasteiger partial charge in [0.2, 0.25) is 0 Å². The first-order valence-corrected chi connectivity index (χ1v) is 12.2. The fraction of sp³-hybridized carbons (Fsp3) is 0.276. The first kappa shape index (κ1) is 21.6. The van der Waals surface area contributed by atoms with Gasteiger partial charge in [0.1, 0.15) is 0 Å². The number of benzene rings is 2. The molecule has 174 valence electrons. The minimum atomic E-state index is 0.645. The number of likely N-dealkylation sites (tertiary alicyclic amines) is 1. The van der Waals surface area contributed by atoms with E-state index >= 15 is 0 Å². The third-order valence-corrected chi connectivity index (χ3v) is 7.43. The molecule has 0 bridgehead atoms. The van der Waals surface area contributed by atoms with Gasteiger partial charge in [-0.2, -0.15) is 5.10 Å². The lowest BCUT2D eigenvalue weighted by Gasteiger charge is -2.29. The topological polar surface area (TPSA) is 43.2 Å². The van der Waals surface area contributed by atoms with Crippen LogP contribution in [0.1, 0.15) is 12.8 Å². The maximum absolute atomic E-state index is 7.34. The Morgan fingerprint density at radius 2 is 1.71 bits per heavy atom. The van der Waals surface area contributed by atoms with E-state index < -0.39 is 0 Å². The van der Waals surface area contributed by atoms with E-state index in [1.165, 1.54) is 36.8 Å². The van der Waals surface area contributed by atoms with Crippen LogP contribution in [0.5, 0.6) is 0 Å². The van der Waals surface area contributed by atoms with Crippen LogP contribution in [0.4, 0.5) is 5.69 Å². The number of aryl methyl sites for hydroxylation is 1. The van der Waals surface area contributed by atoms with E-state index in [4.69, 9.17) is 11.6 Å². The summed E-state index contributed by atoms with van der Waals surface area (Å²) < 4.78 is 4.27. The summed E-state index contributed by atoms with van der Waals surface area (Å²) in [6, 6.07) is 16.5. The van der Waals surface area contributed by atoms with E-state index in [2.05, 4.69) is 56.9 Å². The molecule has 3 aromatic heterocycles. The fourth-order valence-electron chi connectivity index (χ4n) is 5.36. The van der Waals surface area contributed by atoms with Gasteiger partial charge in [-0.3, -0.25) is 9.67 Å². The van der Waals surface area contributed by atoms with Crippen molar-refractivity contribution in [3.63, 3.8) is 0 Å². The van der Waals surface area contributed by atoms with Crippen LogP contribution in [0.25, 0.3) is 49.0 Å². The molecule has 0 N–H and O–H groups in total. The van der Waals surface area contributed by atoms with Crippen molar-refractivity contribution in [1.82, 2.24) is 24.2 Å². The van der Waals surface area contributed by atoms with E-state index in [0.29, 0.717) is 11.6 Å². The second-order valence-electron chi connectivity index (χ2n) is 9.70. The second-order valence-corrected chi connectivity index (χ2v) is 9.70. The number of hydrogen-bond acceptors (Lipinski definition) is 3. The summed E-state index contributed by atoms with van der Waals surface area (Å²) in [6.07, 6.45) is 8.62. The molecule has 0 amide bonds. The molecule has 5 aromatic rings. The minimum Gasteiger partial charge on any atom is -0.346 e. The Morgan fingerprint density at radius 3 is 2.49 bits per heavy atom. The zero-order chi connectivity index (χ0) is 23.9. The lowest BCUT2D eigenvalue weighted by molar-refractivity contribution is 0.206. The molecular formula is C29H28N6. The number of hydrogen-bond donors (Lipinski definition) is 0. The van der Waals surface area contributed by atoms with Crippen LogP contribution in [0.3, 0.4) is 0 Å². The summed E-state index contributed by atoms with van der Waals surface area (Å²) in [5.41, 5.74) is 7.13. The lowest BCUT2D eigenvalue weighted by Crippen LogP contribution is -2.31. The summed E-state index contributed by atoms with van der Waals surface area (Å²) in [6.45, 7) is 10.7. The van der Waals surface area contributed by atoms with E-state index in [0.717, 1.165) is 39.8 Å². The van der Waals surface area contributed by atoms with Crippen LogP contribution in [-0.2, 0) is 13.6 Å². The van der Waals surface area contributed by atoms with E-state index in [-0.39, 0.29) is 0 Å². The maximum atomic E-state index is 7.34. The molecule has 0 spiro atoms. The standard InChI is InChI=1S/C29H28N6/c1-30-24-7-4-21(5-8-24)28-25-12-15-35(19-20-10-13-33(2)14-11-20)27(25)18-31-29(28)22-6-9-26-23(16-22)17-32-34(26)3/h4-9,12,15-18,20H,10-11,13-14,19H2,2-3H3. The molecule has 6 rings (SSSR count). The zero-order valence-corrected chi connectivity index (χ0v) is 20.1. The molecule has 1 aliphatic heterocycles. The first-order chi connectivity index (χ1) is 17.1. The zero-order valence-electron chi connectivity index (χ0n) is 20.1. The Balaban J connectivity index is 1.49. The summed E-state index contributed by atoms with van der Waals surface area (Å²) >= 11 is 0. The van der Waals surface area contributed by atoms with E-state index in [9.17, 15) is 0 Å². The van der Waals surface area contributed by atoms with Crippen LogP contribution >= 0.6 is 0 Å². The van der Waals surface area contributed by atoms with Crippen molar-refractivity contribution >= 4 is 27.5 Å². The molecule has 35 heavy (non-hydrogen) atoms. The molecule has 0 radical (unpaired) electrons. The number of pyridine rings is 1. The Kier molecular flexibility index (Phi) is 5.35. The molecule has 2 aromatic carbocycles. The van der Waals surface area contributed by atoms with Crippen molar-refractivity contribution in [3.05, 3.63) is 78.5 Å². The fourth-order valence-corrected chi connectivity index (χ4v) is 5.36. The summed E-state index contributed by atoms with van der Waals surface area (Å²) in [4.78, 5) is 11.0. The number of piperidine rings is 1. The highest BCUT2D eigenvalue weighted by Crippen LogP contribution is 2.39. The average molecular weight is 461 g/mol. The Labute approximate surface area is 205 Å². The van der Waals surface area contributed by atoms with Gasteiger partial charge in [-0.15, -0.1) is 0 Å². The second kappa shape index (κ2) is 8.68. The van der Waals surface area contributed by atoms with Gasteiger partial charge in [0.05, 0.1) is 35.7 Å². The molecule has 1 fully saturated rings. The summed E-state index contributed by atoms with van der Waals surface area (Å²) in [7, 11) is 4.17. The quantitative estimate of drug-likeness (QED) is 0.302. The van der Waals surface area contributed by atoms with Crippen molar-refractivity contribution < 1.29 is 0 Å². The van der Waals surface area contributed by atoms with Gasteiger partial charge in [-0.05, 0) is 62.7 Å². The minimum absolute atomic E-state index is 0.645. The lowest BCUT2D eigenvalue weighted by atomic mass is 9.95. The van der Waals surface area contributed by atoms with Crippen molar-refractivity contribution in [2.24, 2.45) is 13.0 Å². The predicted molar refractivity (Wildman–Crippen MR) is 141 cm³/mol. The Bertz CT molecular complexity index is 1560. The van der Waals surface area contributed by atoms with E-state index in [1.54, 1.807) is 0 Å². The molecule has 1 saturated heterocycles. The highest BCUT2D eigenvalue weighted by Gasteiger charge is 2.20. The third kappa shape index (κ3) is 3.88. The van der Waals surface area contributed by atoms with Crippen molar-refractivity contribution in [2.45, 2.75) is 19.4 Å². The molecule has 1 aliphatic rings. The largest absolute Gasteiger partial charge is 0.346 e. The molecule has 6 heteroatoms. The third-order valence-electron chi connectivity index (χ3n) is 7.43. The highest BCUT2D eigenvalue weighted by atomic mass is 15.2. The van der Waals surface area contributed by atoms with E-state index in [1.807, 2.05) is 48.4 Å². The smallest absolute Gasteiger partial charge is 0.187 e. The molecule has 0 saturated carbocycles. The average Bonchev–Trinajstić information content (AvgIpc) is 3.48. The van der Waals surface area contributed by atoms with Crippen molar-refractivity contribution in [2.75, 3.05) is 20.1 Å². The van der Waals surface area contributed by atoms with Gasteiger partial charge in [0, 0.05) is 41.7 Å². The molecule has 6 nitrogen and oxygen atoms in total. The van der Waals surface area contributed by atoms with Crippen LogP contribution < -0.4 is 0 Å². The molecule has 0 unspecified atom stereocenters. The number of nitrogens with zero attached hydrogens (tertiary/aromatic N) is 6. The molecular weight excluding hydrogens is 432 g/mol. The highest BCUT2D eigenvalue weighted by molar-refractivity contribution is 6.02. The Hall–Kier alpha value is -3.95. The SMILES string of the molecule is [C-]#[N+]c1ccc(-c2c(-c3ccc4c(cnn4C)c3)ncc3c2ccn3CC2CCN(C)CC2)cc1. The molecule has 4 heterocycles. The monoisotopic (exact) mass is 460 g/mol.